The van der Waals surface area contributed by atoms with Gasteiger partial charge in [-0.15, -0.1) is 0 Å². The van der Waals surface area contributed by atoms with Crippen molar-refractivity contribution in [2.45, 2.75) is 58.7 Å². The van der Waals surface area contributed by atoms with Crippen LogP contribution in [0.5, 0.6) is 0 Å². The van der Waals surface area contributed by atoms with Gasteiger partial charge in [0.25, 0.3) is 5.56 Å². The molecule has 4 rings (SSSR count). The number of hydrogen-bond acceptors (Lipinski definition) is 5. The second-order valence-corrected chi connectivity index (χ2v) is 8.38. The molecule has 1 aliphatic heterocycles. The number of halogens is 1. The molecular formula is C22H25ClN6O4. The van der Waals surface area contributed by atoms with Crippen LogP contribution in [0.15, 0.2) is 54.5 Å². The molecule has 0 saturated heterocycles. The van der Waals surface area contributed by atoms with Crippen LogP contribution in [0, 0.1) is 0 Å². The lowest BCUT2D eigenvalue weighted by atomic mass is 10.2. The van der Waals surface area contributed by atoms with Crippen LogP contribution in [-0.4, -0.2) is 28.7 Å². The monoisotopic (exact) mass is 472 g/mol. The van der Waals surface area contributed by atoms with Crippen LogP contribution in [-0.2, 0) is 26.1 Å². The number of H-pyrrole nitrogens is 1. The van der Waals surface area contributed by atoms with E-state index >= 15 is 0 Å². The van der Waals surface area contributed by atoms with E-state index in [-0.39, 0.29) is 25.1 Å². The lowest BCUT2D eigenvalue weighted by Gasteiger charge is -2.13. The molecule has 33 heavy (non-hydrogen) atoms. The smallest absolute Gasteiger partial charge is 0.278 e. The third-order valence-corrected chi connectivity index (χ3v) is 5.90. The van der Waals surface area contributed by atoms with E-state index in [9.17, 15) is 19.2 Å². The summed E-state index contributed by atoms with van der Waals surface area (Å²) in [6.45, 7) is 2.84. The van der Waals surface area contributed by atoms with Crippen LogP contribution in [0.3, 0.4) is 0 Å². The Morgan fingerprint density at radius 1 is 0.909 bits per heavy atom. The highest BCUT2D eigenvalue weighted by atomic mass is 35.5. The first-order chi connectivity index (χ1) is 15.9. The van der Waals surface area contributed by atoms with Gasteiger partial charge in [-0.2, -0.15) is 0 Å². The lowest BCUT2D eigenvalue weighted by Crippen LogP contribution is -2.41. The van der Waals surface area contributed by atoms with E-state index in [1.807, 2.05) is 13.0 Å². The van der Waals surface area contributed by atoms with Gasteiger partial charge in [0.1, 0.15) is 11.0 Å². The third-order valence-electron chi connectivity index (χ3n) is 5.68. The summed E-state index contributed by atoms with van der Waals surface area (Å²) in [5.41, 5.74) is -0.762. The van der Waals surface area contributed by atoms with Crippen LogP contribution in [0.4, 0.5) is 5.82 Å². The molecule has 1 N–H and O–H groups in total. The number of nitrogens with one attached hydrogen (secondary N) is 1. The quantitative estimate of drug-likeness (QED) is 0.477. The standard InChI is InChI=1S/C22H25ClN6O4/c1-2-3-11-26-18-16(14-17(23)24-18)19(30)27(21(26)32)12-7-8-13-28-20(31)25-29(22(28)33)15-9-5-4-6-10-15/h4-6,9-10H,2-3,7-8,11-14H2,1H3,(H,25,31). The van der Waals surface area contributed by atoms with Crippen molar-refractivity contribution in [3.8, 4) is 5.69 Å². The minimum Gasteiger partial charge on any atom is -0.278 e. The summed E-state index contributed by atoms with van der Waals surface area (Å²) in [6, 6.07) is 8.82. The van der Waals surface area contributed by atoms with Crippen LogP contribution in [0.2, 0.25) is 0 Å². The van der Waals surface area contributed by atoms with Gasteiger partial charge < -0.3 is 0 Å². The zero-order chi connectivity index (χ0) is 23.5. The van der Waals surface area contributed by atoms with Crippen molar-refractivity contribution in [2.24, 2.45) is 4.99 Å². The Morgan fingerprint density at radius 2 is 1.58 bits per heavy atom. The van der Waals surface area contributed by atoms with Crippen molar-refractivity contribution in [3.05, 3.63) is 77.7 Å². The summed E-state index contributed by atoms with van der Waals surface area (Å²) < 4.78 is 5.04. The van der Waals surface area contributed by atoms with Gasteiger partial charge in [0.05, 0.1) is 11.3 Å². The van der Waals surface area contributed by atoms with Crippen LogP contribution >= 0.6 is 11.6 Å². The third kappa shape index (κ3) is 4.43. The van der Waals surface area contributed by atoms with E-state index in [2.05, 4.69) is 10.1 Å². The maximum Gasteiger partial charge on any atom is 0.351 e. The van der Waals surface area contributed by atoms with Crippen LogP contribution in [0.1, 0.15) is 38.2 Å². The Labute approximate surface area is 193 Å². The molecule has 2 aromatic heterocycles. The maximum atomic E-state index is 13.0. The Morgan fingerprint density at radius 3 is 2.27 bits per heavy atom. The molecule has 10 nitrogen and oxygen atoms in total. The van der Waals surface area contributed by atoms with E-state index in [0.717, 1.165) is 17.4 Å². The Balaban J connectivity index is 1.51. The van der Waals surface area contributed by atoms with Crippen molar-refractivity contribution < 1.29 is 0 Å². The van der Waals surface area contributed by atoms with Gasteiger partial charge >= 0.3 is 17.1 Å². The molecule has 0 aliphatic carbocycles. The minimum absolute atomic E-state index is 0.173. The van der Waals surface area contributed by atoms with E-state index in [4.69, 9.17) is 11.6 Å². The topological polar surface area (TPSA) is 116 Å². The number of benzene rings is 1. The van der Waals surface area contributed by atoms with E-state index in [1.165, 1.54) is 13.8 Å². The van der Waals surface area contributed by atoms with Gasteiger partial charge in [-0.05, 0) is 31.4 Å². The molecule has 11 heteroatoms. The number of rotatable bonds is 9. The lowest BCUT2D eigenvalue weighted by molar-refractivity contribution is 0.489. The predicted octanol–water partition coefficient (Wildman–Crippen LogP) is 1.76. The average molecular weight is 473 g/mol. The maximum absolute atomic E-state index is 13.0. The molecular weight excluding hydrogens is 448 g/mol. The fourth-order valence-electron chi connectivity index (χ4n) is 3.94. The molecule has 1 aromatic carbocycles. The Kier molecular flexibility index (Phi) is 6.64. The van der Waals surface area contributed by atoms with Crippen molar-refractivity contribution in [3.63, 3.8) is 0 Å². The van der Waals surface area contributed by atoms with Gasteiger partial charge in [-0.1, -0.05) is 43.1 Å². The molecule has 0 saturated carbocycles. The molecule has 3 aromatic rings. The summed E-state index contributed by atoms with van der Waals surface area (Å²) in [7, 11) is 0. The number of aliphatic imine (C=N–C) groups is 1. The molecule has 0 radical (unpaired) electrons. The second kappa shape index (κ2) is 9.62. The molecule has 0 atom stereocenters. The van der Waals surface area contributed by atoms with Crippen LogP contribution < -0.4 is 22.6 Å². The SMILES string of the molecule is CCCCn1c2c(c(=O)n(CCCCn3c(=O)[nH]n(-c4ccccc4)c3=O)c1=O)CC(Cl)=N2. The minimum atomic E-state index is -0.507. The number of unbranched alkanes of at least 4 members (excludes halogenated alkanes) is 2. The van der Waals surface area contributed by atoms with Crippen molar-refractivity contribution in [2.75, 3.05) is 0 Å². The molecule has 0 spiro atoms. The van der Waals surface area contributed by atoms with Crippen molar-refractivity contribution in [1.29, 1.82) is 0 Å². The molecule has 0 fully saturated rings. The molecule has 0 unspecified atom stereocenters. The molecule has 174 valence electrons. The number of aromatic nitrogens is 5. The molecule has 0 bridgehead atoms. The zero-order valence-corrected chi connectivity index (χ0v) is 19.0. The van der Waals surface area contributed by atoms with Gasteiger partial charge in [0.2, 0.25) is 0 Å². The van der Waals surface area contributed by atoms with Crippen LogP contribution in [0.25, 0.3) is 5.69 Å². The molecule has 1 aliphatic rings. The fraction of sp³-hybridized carbons (Fsp3) is 0.409. The first-order valence-corrected chi connectivity index (χ1v) is 11.4. The van der Waals surface area contributed by atoms with Gasteiger partial charge in [0.15, 0.2) is 0 Å². The molecule has 0 amide bonds. The number of nitrogens with zero attached hydrogens (tertiary/aromatic N) is 5. The van der Waals surface area contributed by atoms with E-state index < -0.39 is 17.1 Å². The van der Waals surface area contributed by atoms with Gasteiger partial charge in [-0.25, -0.2) is 33.7 Å². The summed E-state index contributed by atoms with van der Waals surface area (Å²) in [6.07, 6.45) is 2.78. The van der Waals surface area contributed by atoms with E-state index in [1.54, 1.807) is 24.3 Å². The highest BCUT2D eigenvalue weighted by Crippen LogP contribution is 2.24. The summed E-state index contributed by atoms with van der Waals surface area (Å²) in [4.78, 5) is 55.0. The summed E-state index contributed by atoms with van der Waals surface area (Å²) >= 11 is 6.05. The summed E-state index contributed by atoms with van der Waals surface area (Å²) in [5.74, 6) is 0.361. The second-order valence-electron chi connectivity index (χ2n) is 7.94. The number of para-hydroxylation sites is 1. The largest absolute Gasteiger partial charge is 0.351 e. The number of fused-ring (bicyclic) bond motifs is 1. The average Bonchev–Trinajstić information content (AvgIpc) is 3.33. The number of hydrogen-bond donors (Lipinski definition) is 1. The Bertz CT molecular complexity index is 1420. The predicted molar refractivity (Wildman–Crippen MR) is 126 cm³/mol. The zero-order valence-electron chi connectivity index (χ0n) is 18.3. The van der Waals surface area contributed by atoms with Gasteiger partial charge in [-0.3, -0.25) is 13.9 Å². The highest BCUT2D eigenvalue weighted by Gasteiger charge is 2.24. The Hall–Kier alpha value is -3.40. The summed E-state index contributed by atoms with van der Waals surface area (Å²) in [5, 5.41) is 2.84. The normalized spacial score (nSPS) is 12.7. The van der Waals surface area contributed by atoms with Crippen molar-refractivity contribution in [1.82, 2.24) is 23.5 Å². The van der Waals surface area contributed by atoms with Crippen molar-refractivity contribution >= 4 is 22.6 Å². The first-order valence-electron chi connectivity index (χ1n) is 11.0. The fourth-order valence-corrected chi connectivity index (χ4v) is 4.16. The molecule has 3 heterocycles. The first kappa shape index (κ1) is 22.8. The van der Waals surface area contributed by atoms with E-state index in [0.29, 0.717) is 41.6 Å². The number of aromatic amines is 1. The van der Waals surface area contributed by atoms with Gasteiger partial charge in [0, 0.05) is 26.1 Å². The highest BCUT2D eigenvalue weighted by molar-refractivity contribution is 6.66.